The molecule has 2 aromatic carbocycles. The molecule has 0 aromatic heterocycles. The highest BCUT2D eigenvalue weighted by atomic mass is 79.9. The van der Waals surface area contributed by atoms with Gasteiger partial charge in [0.05, 0.1) is 4.47 Å². The van der Waals surface area contributed by atoms with Gasteiger partial charge in [-0.05, 0) is 64.4 Å². The first kappa shape index (κ1) is 15.3. The summed E-state index contributed by atoms with van der Waals surface area (Å²) in [6.45, 7) is 0. The van der Waals surface area contributed by atoms with E-state index in [1.807, 2.05) is 12.1 Å². The largest absolute Gasteiger partial charge is 0.453 e. The van der Waals surface area contributed by atoms with Gasteiger partial charge in [0.1, 0.15) is 11.6 Å². The van der Waals surface area contributed by atoms with Crippen LogP contribution in [0.1, 0.15) is 12.0 Å². The van der Waals surface area contributed by atoms with Crippen LogP contribution in [-0.2, 0) is 6.42 Å². The van der Waals surface area contributed by atoms with Crippen LogP contribution in [0.5, 0.6) is 11.5 Å². The number of rotatable bonds is 5. The van der Waals surface area contributed by atoms with Crippen molar-refractivity contribution in [3.05, 3.63) is 58.1 Å². The van der Waals surface area contributed by atoms with Gasteiger partial charge in [0.15, 0.2) is 11.6 Å². The van der Waals surface area contributed by atoms with Crippen molar-refractivity contribution in [3.8, 4) is 11.5 Å². The highest BCUT2D eigenvalue weighted by Gasteiger charge is 2.09. The van der Waals surface area contributed by atoms with Crippen molar-refractivity contribution in [3.63, 3.8) is 0 Å². The fourth-order valence-corrected chi connectivity index (χ4v) is 2.41. The van der Waals surface area contributed by atoms with Crippen LogP contribution < -0.4 is 4.74 Å². The zero-order valence-electron chi connectivity index (χ0n) is 10.6. The third-order valence-electron chi connectivity index (χ3n) is 2.73. The van der Waals surface area contributed by atoms with Crippen molar-refractivity contribution in [2.24, 2.45) is 0 Å². The van der Waals surface area contributed by atoms with Crippen molar-refractivity contribution in [2.75, 3.05) is 5.75 Å². The molecule has 0 unspecified atom stereocenters. The topological polar surface area (TPSA) is 9.23 Å². The van der Waals surface area contributed by atoms with E-state index in [0.717, 1.165) is 40.8 Å². The molecule has 0 atom stereocenters. The van der Waals surface area contributed by atoms with E-state index < -0.39 is 11.6 Å². The molecular weight excluding hydrogens is 346 g/mol. The fourth-order valence-electron chi connectivity index (χ4n) is 1.74. The van der Waals surface area contributed by atoms with Crippen molar-refractivity contribution < 1.29 is 13.5 Å². The average Bonchev–Trinajstić information content (AvgIpc) is 2.42. The molecule has 2 aromatic rings. The Morgan fingerprint density at radius 1 is 1.05 bits per heavy atom. The SMILES string of the molecule is Fc1ccc(Oc2ccc(CCCS)cc2Br)c(F)c1. The van der Waals surface area contributed by atoms with Crippen LogP contribution in [0, 0.1) is 11.6 Å². The van der Waals surface area contributed by atoms with Gasteiger partial charge < -0.3 is 4.74 Å². The number of benzene rings is 2. The quantitative estimate of drug-likeness (QED) is 0.705. The lowest BCUT2D eigenvalue weighted by Crippen LogP contribution is -1.92. The van der Waals surface area contributed by atoms with Gasteiger partial charge >= 0.3 is 0 Å². The van der Waals surface area contributed by atoms with Gasteiger partial charge in [-0.25, -0.2) is 8.78 Å². The van der Waals surface area contributed by atoms with Crippen LogP contribution in [0.15, 0.2) is 40.9 Å². The maximum absolute atomic E-state index is 13.5. The summed E-state index contributed by atoms with van der Waals surface area (Å²) in [5.74, 6) is -0.0381. The van der Waals surface area contributed by atoms with Crippen LogP contribution in [0.3, 0.4) is 0 Å². The Kier molecular flexibility index (Phi) is 5.43. The Bertz CT molecular complexity index is 604. The first-order chi connectivity index (χ1) is 9.60. The molecule has 0 aliphatic carbocycles. The lowest BCUT2D eigenvalue weighted by molar-refractivity contribution is 0.435. The van der Waals surface area contributed by atoms with Crippen LogP contribution in [0.4, 0.5) is 8.78 Å². The first-order valence-corrected chi connectivity index (χ1v) is 7.55. The standard InChI is InChI=1S/C15H13BrF2OS/c16-12-8-10(2-1-7-20)3-5-14(12)19-15-6-4-11(17)9-13(15)18/h3-6,8-9,20H,1-2,7H2. The summed E-state index contributed by atoms with van der Waals surface area (Å²) >= 11 is 7.57. The number of thiol groups is 1. The highest BCUT2D eigenvalue weighted by molar-refractivity contribution is 9.10. The van der Waals surface area contributed by atoms with Gasteiger partial charge in [0.2, 0.25) is 0 Å². The predicted octanol–water partition coefficient (Wildman–Crippen LogP) is 5.38. The van der Waals surface area contributed by atoms with Crippen LogP contribution in [-0.4, -0.2) is 5.75 Å². The second-order valence-electron chi connectivity index (χ2n) is 4.27. The molecule has 1 nitrogen and oxygen atoms in total. The van der Waals surface area contributed by atoms with Crippen molar-refractivity contribution in [2.45, 2.75) is 12.8 Å². The van der Waals surface area contributed by atoms with E-state index in [1.54, 1.807) is 6.07 Å². The van der Waals surface area contributed by atoms with E-state index in [1.165, 1.54) is 6.07 Å². The van der Waals surface area contributed by atoms with Gasteiger partial charge in [-0.15, -0.1) is 0 Å². The zero-order chi connectivity index (χ0) is 14.5. The van der Waals surface area contributed by atoms with Crippen molar-refractivity contribution in [1.29, 1.82) is 0 Å². The van der Waals surface area contributed by atoms with E-state index in [9.17, 15) is 8.78 Å². The lowest BCUT2D eigenvalue weighted by atomic mass is 10.1. The Hall–Kier alpha value is -1.07. The number of ether oxygens (including phenoxy) is 1. The summed E-state index contributed by atoms with van der Waals surface area (Å²) in [7, 11) is 0. The normalized spacial score (nSPS) is 10.6. The van der Waals surface area contributed by atoms with Crippen LogP contribution in [0.2, 0.25) is 0 Å². The molecule has 2 rings (SSSR count). The summed E-state index contributed by atoms with van der Waals surface area (Å²) in [6.07, 6.45) is 1.91. The van der Waals surface area contributed by atoms with E-state index in [4.69, 9.17) is 4.74 Å². The number of halogens is 3. The summed E-state index contributed by atoms with van der Waals surface area (Å²) in [5.41, 5.74) is 1.15. The minimum absolute atomic E-state index is 0.00444. The molecule has 0 heterocycles. The molecule has 106 valence electrons. The molecule has 0 N–H and O–H groups in total. The lowest BCUT2D eigenvalue weighted by Gasteiger charge is -2.10. The zero-order valence-corrected chi connectivity index (χ0v) is 13.1. The Morgan fingerprint density at radius 2 is 1.80 bits per heavy atom. The molecule has 0 fully saturated rings. The molecule has 20 heavy (non-hydrogen) atoms. The van der Waals surface area contributed by atoms with Crippen LogP contribution >= 0.6 is 28.6 Å². The molecule has 0 amide bonds. The molecule has 0 saturated carbocycles. The summed E-state index contributed by atoms with van der Waals surface area (Å²) in [6, 6.07) is 8.84. The van der Waals surface area contributed by atoms with E-state index >= 15 is 0 Å². The first-order valence-electron chi connectivity index (χ1n) is 6.12. The maximum Gasteiger partial charge on any atom is 0.168 e. The van der Waals surface area contributed by atoms with E-state index in [0.29, 0.717) is 5.75 Å². The summed E-state index contributed by atoms with van der Waals surface area (Å²) in [5, 5.41) is 0. The van der Waals surface area contributed by atoms with Gasteiger partial charge in [-0.1, -0.05) is 6.07 Å². The third kappa shape index (κ3) is 3.96. The molecule has 0 radical (unpaired) electrons. The maximum atomic E-state index is 13.5. The molecule has 0 aliphatic heterocycles. The Balaban J connectivity index is 2.17. The molecular formula is C15H13BrF2OS. The van der Waals surface area contributed by atoms with Gasteiger partial charge in [-0.2, -0.15) is 12.6 Å². The Morgan fingerprint density at radius 3 is 2.45 bits per heavy atom. The van der Waals surface area contributed by atoms with Crippen LogP contribution in [0.25, 0.3) is 0 Å². The Labute approximate surface area is 130 Å². The summed E-state index contributed by atoms with van der Waals surface area (Å²) in [4.78, 5) is 0. The smallest absolute Gasteiger partial charge is 0.168 e. The van der Waals surface area contributed by atoms with Gasteiger partial charge in [0.25, 0.3) is 0 Å². The molecule has 0 saturated heterocycles. The van der Waals surface area contributed by atoms with E-state index in [2.05, 4.69) is 28.6 Å². The monoisotopic (exact) mass is 358 g/mol. The summed E-state index contributed by atoms with van der Waals surface area (Å²) < 4.78 is 32.5. The predicted molar refractivity (Wildman–Crippen MR) is 82.7 cm³/mol. The highest BCUT2D eigenvalue weighted by Crippen LogP contribution is 2.32. The number of hydrogen-bond acceptors (Lipinski definition) is 2. The molecule has 0 spiro atoms. The minimum Gasteiger partial charge on any atom is -0.453 e. The second-order valence-corrected chi connectivity index (χ2v) is 5.57. The van der Waals surface area contributed by atoms with Gasteiger partial charge in [0, 0.05) is 6.07 Å². The minimum atomic E-state index is -0.726. The average molecular weight is 359 g/mol. The molecule has 0 bridgehead atoms. The fraction of sp³-hybridized carbons (Fsp3) is 0.200. The number of hydrogen-bond donors (Lipinski definition) is 1. The number of aryl methyl sites for hydroxylation is 1. The third-order valence-corrected chi connectivity index (χ3v) is 3.67. The molecule has 5 heteroatoms. The van der Waals surface area contributed by atoms with Gasteiger partial charge in [-0.3, -0.25) is 0 Å². The van der Waals surface area contributed by atoms with Crippen molar-refractivity contribution >= 4 is 28.6 Å². The van der Waals surface area contributed by atoms with E-state index in [-0.39, 0.29) is 5.75 Å². The molecule has 0 aliphatic rings. The van der Waals surface area contributed by atoms with Crippen molar-refractivity contribution in [1.82, 2.24) is 0 Å². The second kappa shape index (κ2) is 7.09.